The van der Waals surface area contributed by atoms with E-state index < -0.39 is 6.03 Å². The minimum atomic E-state index is -0.480. The molecular weight excluding hydrogens is 236 g/mol. The van der Waals surface area contributed by atoms with Crippen LogP contribution in [0.4, 0.5) is 4.79 Å². The summed E-state index contributed by atoms with van der Waals surface area (Å²) in [6.45, 7) is 3.77. The van der Waals surface area contributed by atoms with Gasteiger partial charge in [-0.1, -0.05) is 17.7 Å². The van der Waals surface area contributed by atoms with Crippen LogP contribution in [0.2, 0.25) is 0 Å². The summed E-state index contributed by atoms with van der Waals surface area (Å²) in [7, 11) is 1.47. The zero-order chi connectivity index (χ0) is 12.8. The molecule has 5 heteroatoms. The lowest BCUT2D eigenvalue weighted by Crippen LogP contribution is -2.41. The van der Waals surface area contributed by atoms with Gasteiger partial charge in [-0.05, 0) is 26.0 Å². The van der Waals surface area contributed by atoms with E-state index in [1.54, 1.807) is 6.92 Å². The van der Waals surface area contributed by atoms with Gasteiger partial charge in [0, 0.05) is 11.9 Å². The molecule has 0 aromatic heterocycles. The summed E-state index contributed by atoms with van der Waals surface area (Å²) in [5, 5.41) is 4.29. The van der Waals surface area contributed by atoms with Crippen molar-refractivity contribution >= 4 is 23.7 Å². The molecule has 0 aliphatic carbocycles. The molecule has 0 radical (unpaired) electrons. The zero-order valence-corrected chi connectivity index (χ0v) is 10.9. The second-order valence-corrected chi connectivity index (χ2v) is 5.06. The third-order valence-electron chi connectivity index (χ3n) is 2.14. The average Bonchev–Trinajstić information content (AvgIpc) is 2.28. The zero-order valence-electron chi connectivity index (χ0n) is 10.1. The lowest BCUT2D eigenvalue weighted by atomic mass is 10.2. The number of urea groups is 1. The summed E-state index contributed by atoms with van der Waals surface area (Å²) in [6, 6.07) is 7.42. The Morgan fingerprint density at radius 2 is 2.06 bits per heavy atom. The molecule has 0 bridgehead atoms. The van der Waals surface area contributed by atoms with Gasteiger partial charge < -0.3 is 5.32 Å². The first-order chi connectivity index (χ1) is 8.02. The molecule has 1 atom stereocenters. The summed E-state index contributed by atoms with van der Waals surface area (Å²) in [5.41, 5.74) is 1.15. The molecule has 17 heavy (non-hydrogen) atoms. The van der Waals surface area contributed by atoms with Crippen LogP contribution in [0.1, 0.15) is 12.5 Å². The number of benzene rings is 1. The van der Waals surface area contributed by atoms with Crippen molar-refractivity contribution in [3.63, 3.8) is 0 Å². The Balaban J connectivity index is 2.57. The fourth-order valence-corrected chi connectivity index (χ4v) is 2.21. The van der Waals surface area contributed by atoms with Crippen LogP contribution < -0.4 is 10.6 Å². The first-order valence-corrected chi connectivity index (χ1v) is 6.17. The quantitative estimate of drug-likeness (QED) is 0.808. The van der Waals surface area contributed by atoms with Crippen molar-refractivity contribution in [2.45, 2.75) is 24.0 Å². The molecule has 0 saturated heterocycles. The molecule has 1 aromatic carbocycles. The maximum absolute atomic E-state index is 11.6. The molecule has 3 amide bonds. The largest absolute Gasteiger partial charge is 0.341 e. The van der Waals surface area contributed by atoms with Crippen LogP contribution in [0.3, 0.4) is 0 Å². The number of carbonyl (C=O) groups excluding carboxylic acids is 2. The second kappa shape index (κ2) is 6.30. The van der Waals surface area contributed by atoms with E-state index in [4.69, 9.17) is 0 Å². The number of rotatable bonds is 3. The first kappa shape index (κ1) is 13.6. The van der Waals surface area contributed by atoms with Crippen LogP contribution in [0.15, 0.2) is 29.2 Å². The molecule has 2 N–H and O–H groups in total. The predicted octanol–water partition coefficient (Wildman–Crippen LogP) is 1.93. The molecule has 1 rings (SSSR count). The normalized spacial score (nSPS) is 11.7. The van der Waals surface area contributed by atoms with Crippen molar-refractivity contribution in [2.24, 2.45) is 0 Å². The van der Waals surface area contributed by atoms with E-state index in [0.29, 0.717) is 0 Å². The van der Waals surface area contributed by atoms with Gasteiger partial charge in [-0.3, -0.25) is 10.1 Å². The van der Waals surface area contributed by atoms with E-state index >= 15 is 0 Å². The standard InChI is InChI=1S/C12H16N2O2S/c1-8-5-4-6-10(7-8)17-9(2)11(15)14-12(16)13-3/h4-7,9H,1-3H3,(H2,13,14,15,16). The Bertz CT molecular complexity index is 421. The highest BCUT2D eigenvalue weighted by Crippen LogP contribution is 2.23. The van der Waals surface area contributed by atoms with Crippen LogP contribution in [0.5, 0.6) is 0 Å². The van der Waals surface area contributed by atoms with Gasteiger partial charge in [0.25, 0.3) is 0 Å². The van der Waals surface area contributed by atoms with Crippen molar-refractivity contribution < 1.29 is 9.59 Å². The van der Waals surface area contributed by atoms with Crippen LogP contribution in [-0.4, -0.2) is 24.2 Å². The molecule has 1 unspecified atom stereocenters. The minimum absolute atomic E-state index is 0.296. The van der Waals surface area contributed by atoms with E-state index in [9.17, 15) is 9.59 Å². The Hall–Kier alpha value is -1.49. The van der Waals surface area contributed by atoms with Crippen molar-refractivity contribution in [1.29, 1.82) is 0 Å². The van der Waals surface area contributed by atoms with Gasteiger partial charge in [-0.2, -0.15) is 0 Å². The average molecular weight is 252 g/mol. The molecular formula is C12H16N2O2S. The molecule has 0 aliphatic heterocycles. The Morgan fingerprint density at radius 3 is 2.65 bits per heavy atom. The van der Waals surface area contributed by atoms with E-state index in [1.807, 2.05) is 31.2 Å². The molecule has 0 fully saturated rings. The highest BCUT2D eigenvalue weighted by molar-refractivity contribution is 8.00. The van der Waals surface area contributed by atoms with Crippen LogP contribution >= 0.6 is 11.8 Å². The summed E-state index contributed by atoms with van der Waals surface area (Å²) in [5.74, 6) is -0.296. The summed E-state index contributed by atoms with van der Waals surface area (Å²) >= 11 is 1.43. The van der Waals surface area contributed by atoms with E-state index in [0.717, 1.165) is 10.5 Å². The van der Waals surface area contributed by atoms with Gasteiger partial charge in [-0.25, -0.2) is 4.79 Å². The van der Waals surface area contributed by atoms with Crippen LogP contribution in [0, 0.1) is 6.92 Å². The van der Waals surface area contributed by atoms with Gasteiger partial charge in [0.1, 0.15) is 0 Å². The van der Waals surface area contributed by atoms with Crippen molar-refractivity contribution in [3.8, 4) is 0 Å². The number of thioether (sulfide) groups is 1. The Labute approximate surface area is 105 Å². The van der Waals surface area contributed by atoms with E-state index in [-0.39, 0.29) is 11.2 Å². The van der Waals surface area contributed by atoms with Crippen LogP contribution in [0.25, 0.3) is 0 Å². The monoisotopic (exact) mass is 252 g/mol. The fourth-order valence-electron chi connectivity index (χ4n) is 1.22. The molecule has 1 aromatic rings. The lowest BCUT2D eigenvalue weighted by Gasteiger charge is -2.11. The Morgan fingerprint density at radius 1 is 1.35 bits per heavy atom. The molecule has 0 heterocycles. The molecule has 0 aliphatic rings. The fraction of sp³-hybridized carbons (Fsp3) is 0.333. The number of hydrogen-bond donors (Lipinski definition) is 2. The third-order valence-corrected chi connectivity index (χ3v) is 3.23. The summed E-state index contributed by atoms with van der Waals surface area (Å²) in [4.78, 5) is 23.6. The first-order valence-electron chi connectivity index (χ1n) is 5.29. The molecule has 0 spiro atoms. The van der Waals surface area contributed by atoms with Crippen molar-refractivity contribution in [2.75, 3.05) is 7.05 Å². The minimum Gasteiger partial charge on any atom is -0.341 e. The van der Waals surface area contributed by atoms with Crippen LogP contribution in [-0.2, 0) is 4.79 Å². The van der Waals surface area contributed by atoms with Gasteiger partial charge in [0.15, 0.2) is 0 Å². The topological polar surface area (TPSA) is 58.2 Å². The molecule has 92 valence electrons. The lowest BCUT2D eigenvalue weighted by molar-refractivity contribution is -0.119. The molecule has 4 nitrogen and oxygen atoms in total. The predicted molar refractivity (Wildman–Crippen MR) is 69.1 cm³/mol. The summed E-state index contributed by atoms with van der Waals surface area (Å²) in [6.07, 6.45) is 0. The highest BCUT2D eigenvalue weighted by atomic mass is 32.2. The second-order valence-electron chi connectivity index (χ2n) is 3.64. The maximum atomic E-state index is 11.6. The number of hydrogen-bond acceptors (Lipinski definition) is 3. The number of aryl methyl sites for hydroxylation is 1. The van der Waals surface area contributed by atoms with Gasteiger partial charge in [-0.15, -0.1) is 11.8 Å². The van der Waals surface area contributed by atoms with E-state index in [1.165, 1.54) is 18.8 Å². The van der Waals surface area contributed by atoms with Gasteiger partial charge >= 0.3 is 6.03 Å². The smallest absolute Gasteiger partial charge is 0.321 e. The van der Waals surface area contributed by atoms with Gasteiger partial charge in [0.05, 0.1) is 5.25 Å². The number of nitrogens with one attached hydrogen (secondary N) is 2. The molecule has 0 saturated carbocycles. The van der Waals surface area contributed by atoms with Crippen molar-refractivity contribution in [1.82, 2.24) is 10.6 Å². The summed E-state index contributed by atoms with van der Waals surface area (Å²) < 4.78 is 0. The van der Waals surface area contributed by atoms with Gasteiger partial charge in [0.2, 0.25) is 5.91 Å². The SMILES string of the molecule is CNC(=O)NC(=O)C(C)Sc1cccc(C)c1. The Kier molecular flexibility index (Phi) is 5.03. The number of imide groups is 1. The number of carbonyl (C=O) groups is 2. The number of amides is 3. The maximum Gasteiger partial charge on any atom is 0.321 e. The van der Waals surface area contributed by atoms with E-state index in [2.05, 4.69) is 10.6 Å². The third kappa shape index (κ3) is 4.48. The van der Waals surface area contributed by atoms with Crippen molar-refractivity contribution in [3.05, 3.63) is 29.8 Å². The highest BCUT2D eigenvalue weighted by Gasteiger charge is 2.16.